The van der Waals surface area contributed by atoms with E-state index in [0.29, 0.717) is 11.8 Å². The van der Waals surface area contributed by atoms with Gasteiger partial charge in [0.05, 0.1) is 0 Å². The molecule has 0 aromatic heterocycles. The third-order valence-corrected chi connectivity index (χ3v) is 3.23. The van der Waals surface area contributed by atoms with Gasteiger partial charge in [-0.2, -0.15) is 0 Å². The van der Waals surface area contributed by atoms with E-state index < -0.39 is 0 Å². The van der Waals surface area contributed by atoms with Crippen molar-refractivity contribution in [2.45, 2.75) is 41.2 Å². The summed E-state index contributed by atoms with van der Waals surface area (Å²) in [5, 5.41) is 3.22. The van der Waals surface area contributed by atoms with Gasteiger partial charge in [0, 0.05) is 25.3 Å². The zero-order chi connectivity index (χ0) is 14.4. The van der Waals surface area contributed by atoms with Gasteiger partial charge in [-0.15, -0.1) is 0 Å². The summed E-state index contributed by atoms with van der Waals surface area (Å²) in [5.74, 6) is 1.38. The Kier molecular flexibility index (Phi) is 6.36. The first kappa shape index (κ1) is 16.0. The average molecular weight is 262 g/mol. The van der Waals surface area contributed by atoms with Crippen LogP contribution in [0.4, 0.5) is 5.69 Å². The minimum Gasteiger partial charge on any atom is -0.371 e. The Bertz CT molecular complexity index is 373. The van der Waals surface area contributed by atoms with Crippen LogP contribution in [0.3, 0.4) is 0 Å². The number of nitrogens with one attached hydrogen (secondary N) is 1. The minimum atomic E-state index is 0.691. The van der Waals surface area contributed by atoms with Gasteiger partial charge in [-0.1, -0.05) is 33.8 Å². The quantitative estimate of drug-likeness (QED) is 0.803. The second kappa shape index (κ2) is 7.54. The highest BCUT2D eigenvalue weighted by Crippen LogP contribution is 2.21. The fraction of sp³-hybridized carbons (Fsp3) is 0.647. The lowest BCUT2D eigenvalue weighted by Gasteiger charge is -2.29. The Morgan fingerprint density at radius 1 is 1.05 bits per heavy atom. The molecule has 1 aromatic carbocycles. The smallest absolute Gasteiger partial charge is 0.0369 e. The van der Waals surface area contributed by atoms with Crippen molar-refractivity contribution in [1.82, 2.24) is 5.32 Å². The van der Waals surface area contributed by atoms with Crippen LogP contribution in [0.5, 0.6) is 0 Å². The third kappa shape index (κ3) is 5.23. The Morgan fingerprint density at radius 3 is 2.05 bits per heavy atom. The standard InChI is InChI=1S/C17H30N2/c1-13(2)11-19(12-14(3)4)17-8-7-16(10-18-6)15(5)9-17/h7-9,13-14,18H,10-12H2,1-6H3. The van der Waals surface area contributed by atoms with Gasteiger partial charge in [-0.05, 0) is 49.1 Å². The molecular formula is C17H30N2. The van der Waals surface area contributed by atoms with E-state index in [0.717, 1.165) is 19.6 Å². The molecule has 1 aromatic rings. The largest absolute Gasteiger partial charge is 0.371 e. The van der Waals surface area contributed by atoms with E-state index in [2.05, 4.69) is 63.0 Å². The fourth-order valence-electron chi connectivity index (χ4n) is 2.43. The highest BCUT2D eigenvalue weighted by atomic mass is 15.1. The summed E-state index contributed by atoms with van der Waals surface area (Å²) in [4.78, 5) is 2.52. The van der Waals surface area contributed by atoms with Gasteiger partial charge >= 0.3 is 0 Å². The third-order valence-electron chi connectivity index (χ3n) is 3.23. The lowest BCUT2D eigenvalue weighted by atomic mass is 10.1. The van der Waals surface area contributed by atoms with Crippen molar-refractivity contribution in [3.8, 4) is 0 Å². The van der Waals surface area contributed by atoms with Crippen LogP contribution in [0.15, 0.2) is 18.2 Å². The lowest BCUT2D eigenvalue weighted by molar-refractivity contribution is 0.552. The van der Waals surface area contributed by atoms with Crippen molar-refractivity contribution in [3.05, 3.63) is 29.3 Å². The van der Waals surface area contributed by atoms with Crippen molar-refractivity contribution < 1.29 is 0 Å². The predicted octanol–water partition coefficient (Wildman–Crippen LogP) is 3.83. The Balaban J connectivity index is 2.92. The molecule has 2 heteroatoms. The van der Waals surface area contributed by atoms with Gasteiger partial charge < -0.3 is 10.2 Å². The molecule has 0 fully saturated rings. The molecule has 0 saturated heterocycles. The molecule has 0 saturated carbocycles. The fourth-order valence-corrected chi connectivity index (χ4v) is 2.43. The Morgan fingerprint density at radius 2 is 1.63 bits per heavy atom. The average Bonchev–Trinajstić information content (AvgIpc) is 2.30. The summed E-state index contributed by atoms with van der Waals surface area (Å²) < 4.78 is 0. The molecule has 19 heavy (non-hydrogen) atoms. The molecule has 1 rings (SSSR count). The zero-order valence-electron chi connectivity index (χ0n) is 13.5. The van der Waals surface area contributed by atoms with Crippen LogP contribution in [0.1, 0.15) is 38.8 Å². The van der Waals surface area contributed by atoms with E-state index in [9.17, 15) is 0 Å². The summed E-state index contributed by atoms with van der Waals surface area (Å²) in [6, 6.07) is 6.86. The number of nitrogens with zero attached hydrogens (tertiary/aromatic N) is 1. The Hall–Kier alpha value is -1.02. The first-order valence-electron chi connectivity index (χ1n) is 7.43. The molecule has 0 aliphatic heterocycles. The summed E-state index contributed by atoms with van der Waals surface area (Å²) in [5.41, 5.74) is 4.13. The molecule has 0 heterocycles. The van der Waals surface area contributed by atoms with Crippen LogP contribution in [-0.4, -0.2) is 20.1 Å². The molecule has 1 N–H and O–H groups in total. The van der Waals surface area contributed by atoms with Gasteiger partial charge in [-0.25, -0.2) is 0 Å². The number of aryl methyl sites for hydroxylation is 1. The van der Waals surface area contributed by atoms with Crippen molar-refractivity contribution in [2.75, 3.05) is 25.0 Å². The van der Waals surface area contributed by atoms with E-state index in [4.69, 9.17) is 0 Å². The molecule has 0 amide bonds. The zero-order valence-corrected chi connectivity index (χ0v) is 13.5. The molecular weight excluding hydrogens is 232 g/mol. The maximum Gasteiger partial charge on any atom is 0.0369 e. The van der Waals surface area contributed by atoms with Crippen LogP contribution < -0.4 is 10.2 Å². The SMILES string of the molecule is CNCc1ccc(N(CC(C)C)CC(C)C)cc1C. The minimum absolute atomic E-state index is 0.691. The predicted molar refractivity (Wildman–Crippen MR) is 85.8 cm³/mol. The summed E-state index contributed by atoms with van der Waals surface area (Å²) >= 11 is 0. The van der Waals surface area contributed by atoms with Gasteiger partial charge in [0.25, 0.3) is 0 Å². The maximum absolute atomic E-state index is 3.22. The van der Waals surface area contributed by atoms with E-state index in [1.807, 2.05) is 7.05 Å². The lowest BCUT2D eigenvalue weighted by Crippen LogP contribution is -2.31. The number of benzene rings is 1. The van der Waals surface area contributed by atoms with Crippen LogP contribution >= 0.6 is 0 Å². The van der Waals surface area contributed by atoms with Crippen molar-refractivity contribution >= 4 is 5.69 Å². The van der Waals surface area contributed by atoms with Crippen LogP contribution in [0.25, 0.3) is 0 Å². The van der Waals surface area contributed by atoms with Gasteiger partial charge in [0.2, 0.25) is 0 Å². The van der Waals surface area contributed by atoms with E-state index in [1.54, 1.807) is 0 Å². The van der Waals surface area contributed by atoms with E-state index >= 15 is 0 Å². The molecule has 0 aliphatic rings. The summed E-state index contributed by atoms with van der Waals surface area (Å²) in [6.45, 7) is 14.6. The first-order chi connectivity index (χ1) is 8.93. The van der Waals surface area contributed by atoms with Crippen LogP contribution in [0.2, 0.25) is 0 Å². The van der Waals surface area contributed by atoms with Crippen LogP contribution in [-0.2, 0) is 6.54 Å². The first-order valence-corrected chi connectivity index (χ1v) is 7.43. The molecule has 0 spiro atoms. The number of hydrogen-bond acceptors (Lipinski definition) is 2. The van der Waals surface area contributed by atoms with Gasteiger partial charge in [0.15, 0.2) is 0 Å². The van der Waals surface area contributed by atoms with Gasteiger partial charge in [-0.3, -0.25) is 0 Å². The molecule has 0 atom stereocenters. The van der Waals surface area contributed by atoms with Crippen LogP contribution in [0, 0.1) is 18.8 Å². The topological polar surface area (TPSA) is 15.3 Å². The normalized spacial score (nSPS) is 11.4. The molecule has 2 nitrogen and oxygen atoms in total. The van der Waals surface area contributed by atoms with E-state index in [-0.39, 0.29) is 0 Å². The Labute approximate surface area is 119 Å². The number of hydrogen-bond donors (Lipinski definition) is 1. The van der Waals surface area contributed by atoms with Crippen molar-refractivity contribution in [1.29, 1.82) is 0 Å². The van der Waals surface area contributed by atoms with Crippen molar-refractivity contribution in [2.24, 2.45) is 11.8 Å². The monoisotopic (exact) mass is 262 g/mol. The molecule has 0 bridgehead atoms. The van der Waals surface area contributed by atoms with Crippen molar-refractivity contribution in [3.63, 3.8) is 0 Å². The summed E-state index contributed by atoms with van der Waals surface area (Å²) in [7, 11) is 2.00. The van der Waals surface area contributed by atoms with E-state index in [1.165, 1.54) is 16.8 Å². The highest BCUT2D eigenvalue weighted by molar-refractivity contribution is 5.51. The molecule has 108 valence electrons. The number of anilines is 1. The molecule has 0 aliphatic carbocycles. The second-order valence-corrected chi connectivity index (χ2v) is 6.33. The number of rotatable bonds is 7. The maximum atomic E-state index is 3.22. The second-order valence-electron chi connectivity index (χ2n) is 6.33. The highest BCUT2D eigenvalue weighted by Gasteiger charge is 2.11. The van der Waals surface area contributed by atoms with Gasteiger partial charge in [0.1, 0.15) is 0 Å². The molecule has 0 radical (unpaired) electrons. The molecule has 0 unspecified atom stereocenters. The summed E-state index contributed by atoms with van der Waals surface area (Å²) in [6.07, 6.45) is 0.